The molecule has 0 saturated heterocycles. The highest BCUT2D eigenvalue weighted by molar-refractivity contribution is 5.78. The van der Waals surface area contributed by atoms with Gasteiger partial charge in [0.2, 0.25) is 0 Å². The van der Waals surface area contributed by atoms with Crippen molar-refractivity contribution in [3.8, 4) is 22.5 Å². The molecular weight excluding hydrogens is 196 g/mol. The number of furan rings is 1. The maximum Gasteiger partial charge on any atom is 0.136 e. The summed E-state index contributed by atoms with van der Waals surface area (Å²) in [4.78, 5) is 0. The van der Waals surface area contributed by atoms with Gasteiger partial charge in [-0.1, -0.05) is 30.3 Å². The minimum atomic E-state index is 0.971. The Labute approximate surface area is 94.7 Å². The predicted molar refractivity (Wildman–Crippen MR) is 65.5 cm³/mol. The molecule has 0 atom stereocenters. The SMILES string of the molecule is Cc1ccoc1-c1cc2cccccc-2c1. The second kappa shape index (κ2) is 3.53. The lowest BCUT2D eigenvalue weighted by atomic mass is 10.2. The van der Waals surface area contributed by atoms with Crippen molar-refractivity contribution in [2.24, 2.45) is 0 Å². The number of hydrogen-bond donors (Lipinski definition) is 0. The van der Waals surface area contributed by atoms with E-state index in [1.54, 1.807) is 6.26 Å². The van der Waals surface area contributed by atoms with Gasteiger partial charge in [-0.05, 0) is 41.8 Å². The fourth-order valence-electron chi connectivity index (χ4n) is 2.01. The predicted octanol–water partition coefficient (Wildman–Crippen LogP) is 4.36. The fraction of sp³-hybridized carbons (Fsp3) is 0.0667. The molecule has 0 saturated carbocycles. The molecule has 1 heterocycles. The molecule has 0 unspecified atom stereocenters. The van der Waals surface area contributed by atoms with Gasteiger partial charge in [-0.25, -0.2) is 0 Å². The molecule has 0 amide bonds. The zero-order chi connectivity index (χ0) is 11.0. The van der Waals surface area contributed by atoms with Gasteiger partial charge in [0, 0.05) is 5.56 Å². The van der Waals surface area contributed by atoms with Crippen molar-refractivity contribution in [3.63, 3.8) is 0 Å². The molecule has 1 nitrogen and oxygen atoms in total. The summed E-state index contributed by atoms with van der Waals surface area (Å²) in [6, 6.07) is 16.7. The van der Waals surface area contributed by atoms with Crippen LogP contribution in [0.25, 0.3) is 22.5 Å². The van der Waals surface area contributed by atoms with E-state index in [1.165, 1.54) is 16.7 Å². The van der Waals surface area contributed by atoms with E-state index in [1.807, 2.05) is 12.1 Å². The highest BCUT2D eigenvalue weighted by Crippen LogP contribution is 2.33. The molecule has 2 aliphatic rings. The molecule has 0 aliphatic heterocycles. The van der Waals surface area contributed by atoms with Gasteiger partial charge in [-0.15, -0.1) is 0 Å². The van der Waals surface area contributed by atoms with E-state index in [9.17, 15) is 0 Å². The van der Waals surface area contributed by atoms with Crippen LogP contribution < -0.4 is 0 Å². The molecule has 16 heavy (non-hydrogen) atoms. The lowest BCUT2D eigenvalue weighted by Crippen LogP contribution is -1.70. The number of fused-ring (bicyclic) bond motifs is 1. The molecular formula is C15H12O. The van der Waals surface area contributed by atoms with Crippen LogP contribution in [0.5, 0.6) is 0 Å². The summed E-state index contributed by atoms with van der Waals surface area (Å²) in [6.45, 7) is 2.07. The van der Waals surface area contributed by atoms with Crippen LogP contribution in [-0.4, -0.2) is 0 Å². The summed E-state index contributed by atoms with van der Waals surface area (Å²) in [6.07, 6.45) is 1.74. The third-order valence-electron chi connectivity index (χ3n) is 2.85. The van der Waals surface area contributed by atoms with Gasteiger partial charge >= 0.3 is 0 Å². The summed E-state index contributed by atoms with van der Waals surface area (Å²) in [7, 11) is 0. The summed E-state index contributed by atoms with van der Waals surface area (Å²) < 4.78 is 5.50. The topological polar surface area (TPSA) is 13.1 Å². The average Bonchev–Trinajstić information content (AvgIpc) is 2.80. The summed E-state index contributed by atoms with van der Waals surface area (Å²) in [5.74, 6) is 0.971. The van der Waals surface area contributed by atoms with E-state index in [-0.39, 0.29) is 0 Å². The van der Waals surface area contributed by atoms with Crippen LogP contribution in [0.15, 0.2) is 59.2 Å². The van der Waals surface area contributed by atoms with Crippen LogP contribution in [0, 0.1) is 6.92 Å². The number of rotatable bonds is 1. The number of hydrogen-bond acceptors (Lipinski definition) is 1. The first kappa shape index (κ1) is 9.22. The number of aryl methyl sites for hydroxylation is 1. The van der Waals surface area contributed by atoms with E-state index in [2.05, 4.69) is 43.3 Å². The Hall–Kier alpha value is -2.02. The van der Waals surface area contributed by atoms with Crippen LogP contribution >= 0.6 is 0 Å². The highest BCUT2D eigenvalue weighted by atomic mass is 16.3. The van der Waals surface area contributed by atoms with Gasteiger partial charge in [-0.2, -0.15) is 0 Å². The van der Waals surface area contributed by atoms with E-state index in [0.29, 0.717) is 0 Å². The Kier molecular flexibility index (Phi) is 2.03. The smallest absolute Gasteiger partial charge is 0.136 e. The Morgan fingerprint density at radius 3 is 2.06 bits per heavy atom. The molecule has 1 aromatic heterocycles. The van der Waals surface area contributed by atoms with Gasteiger partial charge in [0.05, 0.1) is 6.26 Å². The molecule has 0 radical (unpaired) electrons. The standard InChI is InChI=1S/C15H12O/c1-11-7-8-16-15(11)14-9-12-5-3-2-4-6-13(12)10-14/h2-10H,1H3. The quantitative estimate of drug-likeness (QED) is 0.579. The van der Waals surface area contributed by atoms with Crippen LogP contribution in [0.3, 0.4) is 0 Å². The van der Waals surface area contributed by atoms with Crippen molar-refractivity contribution in [1.82, 2.24) is 0 Å². The van der Waals surface area contributed by atoms with Crippen molar-refractivity contribution in [2.45, 2.75) is 6.92 Å². The molecule has 0 N–H and O–H groups in total. The zero-order valence-corrected chi connectivity index (χ0v) is 9.10. The Bertz CT molecular complexity index is 561. The lowest BCUT2D eigenvalue weighted by molar-refractivity contribution is 0.581. The third-order valence-corrected chi connectivity index (χ3v) is 2.85. The van der Waals surface area contributed by atoms with Crippen molar-refractivity contribution in [2.75, 3.05) is 0 Å². The Morgan fingerprint density at radius 1 is 0.812 bits per heavy atom. The monoisotopic (exact) mass is 208 g/mol. The maximum atomic E-state index is 5.50. The maximum absolute atomic E-state index is 5.50. The normalized spacial score (nSPS) is 10.8. The van der Waals surface area contributed by atoms with Gasteiger partial charge in [0.1, 0.15) is 5.76 Å². The Balaban J connectivity index is 2.21. The van der Waals surface area contributed by atoms with Crippen LogP contribution in [0.1, 0.15) is 5.56 Å². The van der Waals surface area contributed by atoms with Crippen LogP contribution in [0.4, 0.5) is 0 Å². The van der Waals surface area contributed by atoms with Crippen molar-refractivity contribution < 1.29 is 4.42 Å². The molecule has 1 heteroatoms. The minimum absolute atomic E-state index is 0.971. The van der Waals surface area contributed by atoms with Crippen molar-refractivity contribution in [1.29, 1.82) is 0 Å². The first-order valence-corrected chi connectivity index (χ1v) is 5.38. The average molecular weight is 208 g/mol. The molecule has 78 valence electrons. The fourth-order valence-corrected chi connectivity index (χ4v) is 2.01. The molecule has 0 aromatic carbocycles. The van der Waals surface area contributed by atoms with Gasteiger partial charge in [0.25, 0.3) is 0 Å². The molecule has 3 rings (SSSR count). The molecule has 0 fully saturated rings. The molecule has 0 bridgehead atoms. The van der Waals surface area contributed by atoms with E-state index in [0.717, 1.165) is 11.3 Å². The molecule has 0 spiro atoms. The largest absolute Gasteiger partial charge is 0.464 e. The van der Waals surface area contributed by atoms with Gasteiger partial charge in [0.15, 0.2) is 0 Å². The minimum Gasteiger partial charge on any atom is -0.464 e. The van der Waals surface area contributed by atoms with Gasteiger partial charge in [-0.3, -0.25) is 0 Å². The van der Waals surface area contributed by atoms with E-state index < -0.39 is 0 Å². The van der Waals surface area contributed by atoms with Crippen molar-refractivity contribution >= 4 is 0 Å². The first-order chi connectivity index (χ1) is 7.84. The third kappa shape index (κ3) is 1.41. The van der Waals surface area contributed by atoms with Gasteiger partial charge < -0.3 is 4.42 Å². The van der Waals surface area contributed by atoms with E-state index >= 15 is 0 Å². The van der Waals surface area contributed by atoms with Crippen LogP contribution in [0.2, 0.25) is 0 Å². The zero-order valence-electron chi connectivity index (χ0n) is 9.10. The summed E-state index contributed by atoms with van der Waals surface area (Å²) in [5.41, 5.74) is 4.83. The molecule has 1 aromatic rings. The lowest BCUT2D eigenvalue weighted by Gasteiger charge is -1.91. The second-order valence-corrected chi connectivity index (χ2v) is 4.00. The second-order valence-electron chi connectivity index (χ2n) is 4.00. The summed E-state index contributed by atoms with van der Waals surface area (Å²) in [5, 5.41) is 0. The summed E-state index contributed by atoms with van der Waals surface area (Å²) >= 11 is 0. The molecule has 2 aliphatic carbocycles. The van der Waals surface area contributed by atoms with Crippen molar-refractivity contribution in [3.05, 3.63) is 60.4 Å². The van der Waals surface area contributed by atoms with Crippen LogP contribution in [-0.2, 0) is 0 Å². The highest BCUT2D eigenvalue weighted by Gasteiger charge is 2.10. The Morgan fingerprint density at radius 2 is 1.50 bits per heavy atom. The van der Waals surface area contributed by atoms with E-state index in [4.69, 9.17) is 4.42 Å². The first-order valence-electron chi connectivity index (χ1n) is 5.38.